The van der Waals surface area contributed by atoms with Crippen LogP contribution in [0.2, 0.25) is 10.0 Å². The van der Waals surface area contributed by atoms with Crippen LogP contribution >= 0.6 is 23.2 Å². The molecule has 0 aliphatic carbocycles. The average Bonchev–Trinajstić information content (AvgIpc) is 3.15. The summed E-state index contributed by atoms with van der Waals surface area (Å²) in [4.78, 5) is 15.4. The van der Waals surface area contributed by atoms with Gasteiger partial charge in [0.2, 0.25) is 0 Å². The van der Waals surface area contributed by atoms with Crippen molar-refractivity contribution < 1.29 is 4.79 Å². The number of nitrogens with one attached hydrogen (secondary N) is 2. The molecule has 2 N–H and O–H groups in total. The zero-order valence-electron chi connectivity index (χ0n) is 15.2. The van der Waals surface area contributed by atoms with Crippen LogP contribution in [0.25, 0.3) is 11.3 Å². The van der Waals surface area contributed by atoms with Gasteiger partial charge in [0.25, 0.3) is 5.91 Å². The fourth-order valence-corrected chi connectivity index (χ4v) is 4.99. The van der Waals surface area contributed by atoms with Gasteiger partial charge >= 0.3 is 0 Å². The van der Waals surface area contributed by atoms with Gasteiger partial charge in [-0.05, 0) is 62.9 Å². The molecular weight excluding hydrogens is 383 g/mol. The number of rotatable bonds is 4. The summed E-state index contributed by atoms with van der Waals surface area (Å²) in [5, 5.41) is 11.1. The number of nitrogens with zero attached hydrogens (tertiary/aromatic N) is 2. The molecule has 1 amide bonds. The monoisotopic (exact) mass is 406 g/mol. The molecule has 0 spiro atoms. The van der Waals surface area contributed by atoms with E-state index in [9.17, 15) is 4.79 Å². The Morgan fingerprint density at radius 3 is 2.93 bits per heavy atom. The van der Waals surface area contributed by atoms with E-state index in [-0.39, 0.29) is 5.91 Å². The highest BCUT2D eigenvalue weighted by Crippen LogP contribution is 2.32. The van der Waals surface area contributed by atoms with Gasteiger partial charge in [0.05, 0.1) is 22.5 Å². The molecule has 1 aromatic carbocycles. The quantitative estimate of drug-likeness (QED) is 0.791. The number of aromatic nitrogens is 2. The first-order valence-electron chi connectivity index (χ1n) is 9.64. The van der Waals surface area contributed by atoms with Crippen LogP contribution in [0.15, 0.2) is 24.4 Å². The summed E-state index contributed by atoms with van der Waals surface area (Å²) in [6.07, 6.45) is 7.81. The number of piperidine rings is 2. The van der Waals surface area contributed by atoms with Gasteiger partial charge in [-0.1, -0.05) is 29.6 Å². The Morgan fingerprint density at radius 2 is 2.07 bits per heavy atom. The summed E-state index contributed by atoms with van der Waals surface area (Å²) in [7, 11) is 0. The van der Waals surface area contributed by atoms with Crippen LogP contribution in [0.1, 0.15) is 42.5 Å². The normalized spacial score (nSPS) is 23.0. The molecule has 0 radical (unpaired) electrons. The molecule has 2 atom stereocenters. The molecule has 144 valence electrons. The standard InChI is InChI=1S/C20H24Cl2N4O/c21-14-6-7-15(17(22)10-14)19-16(12-24-25-19)20(27)23-11-13-4-3-9-26-8-2-1-5-18(13)26/h6-7,10,12-13,18H,1-5,8-9,11H2,(H,23,27)(H,24,25)/t13-,18+/m1/s1. The molecule has 2 aromatic rings. The van der Waals surface area contributed by atoms with E-state index in [0.29, 0.717) is 39.8 Å². The topological polar surface area (TPSA) is 61.0 Å². The number of hydrogen-bond acceptors (Lipinski definition) is 3. The van der Waals surface area contributed by atoms with E-state index < -0.39 is 0 Å². The van der Waals surface area contributed by atoms with E-state index in [0.717, 1.165) is 5.56 Å². The molecule has 2 aliphatic heterocycles. The molecule has 0 saturated carbocycles. The summed E-state index contributed by atoms with van der Waals surface area (Å²) in [5.41, 5.74) is 1.85. The molecule has 7 heteroatoms. The van der Waals surface area contributed by atoms with E-state index in [1.807, 2.05) is 0 Å². The van der Waals surface area contributed by atoms with Crippen LogP contribution in [-0.4, -0.2) is 46.7 Å². The van der Waals surface area contributed by atoms with E-state index in [2.05, 4.69) is 20.4 Å². The maximum absolute atomic E-state index is 12.8. The van der Waals surface area contributed by atoms with Crippen molar-refractivity contribution in [3.63, 3.8) is 0 Å². The molecule has 27 heavy (non-hydrogen) atoms. The van der Waals surface area contributed by atoms with E-state index >= 15 is 0 Å². The SMILES string of the molecule is O=C(NC[C@H]1CCCN2CCCC[C@@H]12)c1cn[nH]c1-c1ccc(Cl)cc1Cl. The van der Waals surface area contributed by atoms with Crippen molar-refractivity contribution in [2.45, 2.75) is 38.1 Å². The molecule has 2 saturated heterocycles. The summed E-state index contributed by atoms with van der Waals surface area (Å²) >= 11 is 12.3. The zero-order chi connectivity index (χ0) is 18.8. The minimum atomic E-state index is -0.113. The summed E-state index contributed by atoms with van der Waals surface area (Å²) in [5.74, 6) is 0.412. The lowest BCUT2D eigenvalue weighted by molar-refractivity contribution is 0.0576. The van der Waals surface area contributed by atoms with Gasteiger partial charge in [0.1, 0.15) is 0 Å². The Bertz CT molecular complexity index is 820. The fourth-order valence-electron chi connectivity index (χ4n) is 4.49. The lowest BCUT2D eigenvalue weighted by Gasteiger charge is -2.44. The summed E-state index contributed by atoms with van der Waals surface area (Å²) < 4.78 is 0. The average molecular weight is 407 g/mol. The van der Waals surface area contributed by atoms with Gasteiger partial charge < -0.3 is 10.2 Å². The molecule has 4 rings (SSSR count). The number of fused-ring (bicyclic) bond motifs is 1. The molecule has 3 heterocycles. The molecule has 2 fully saturated rings. The van der Waals surface area contributed by atoms with Crippen LogP contribution in [0, 0.1) is 5.92 Å². The highest BCUT2D eigenvalue weighted by molar-refractivity contribution is 6.36. The Hall–Kier alpha value is -1.56. The number of aromatic amines is 1. The van der Waals surface area contributed by atoms with Crippen LogP contribution in [0.4, 0.5) is 0 Å². The van der Waals surface area contributed by atoms with Crippen molar-refractivity contribution in [1.82, 2.24) is 20.4 Å². The molecule has 1 aromatic heterocycles. The number of carbonyl (C=O) groups is 1. The highest BCUT2D eigenvalue weighted by atomic mass is 35.5. The van der Waals surface area contributed by atoms with Crippen LogP contribution in [-0.2, 0) is 0 Å². The van der Waals surface area contributed by atoms with E-state index in [4.69, 9.17) is 23.2 Å². The second kappa shape index (κ2) is 8.21. The summed E-state index contributed by atoms with van der Waals surface area (Å²) in [6, 6.07) is 5.84. The van der Waals surface area contributed by atoms with Gasteiger partial charge in [-0.3, -0.25) is 9.89 Å². The second-order valence-corrected chi connectivity index (χ2v) is 8.34. The van der Waals surface area contributed by atoms with Gasteiger partial charge in [0.15, 0.2) is 0 Å². The Kier molecular flexibility index (Phi) is 5.71. The minimum Gasteiger partial charge on any atom is -0.352 e. The van der Waals surface area contributed by atoms with Crippen molar-refractivity contribution in [2.75, 3.05) is 19.6 Å². The van der Waals surface area contributed by atoms with Crippen LogP contribution < -0.4 is 5.32 Å². The lowest BCUT2D eigenvalue weighted by atomic mass is 9.83. The first-order chi connectivity index (χ1) is 13.1. The number of carbonyl (C=O) groups excluding carboxylic acids is 1. The van der Waals surface area contributed by atoms with Crippen molar-refractivity contribution in [3.05, 3.63) is 40.0 Å². The van der Waals surface area contributed by atoms with Gasteiger partial charge in [-0.25, -0.2) is 0 Å². The first-order valence-corrected chi connectivity index (χ1v) is 10.4. The van der Waals surface area contributed by atoms with E-state index in [1.165, 1.54) is 45.2 Å². The van der Waals surface area contributed by atoms with Gasteiger partial charge in [0, 0.05) is 23.2 Å². The Balaban J connectivity index is 1.46. The second-order valence-electron chi connectivity index (χ2n) is 7.49. The third-order valence-corrected chi connectivity index (χ3v) is 6.39. The lowest BCUT2D eigenvalue weighted by Crippen LogP contribution is -2.51. The Labute approximate surface area is 169 Å². The number of hydrogen-bond donors (Lipinski definition) is 2. The summed E-state index contributed by atoms with van der Waals surface area (Å²) in [6.45, 7) is 3.12. The minimum absolute atomic E-state index is 0.113. The van der Waals surface area contributed by atoms with Crippen molar-refractivity contribution in [3.8, 4) is 11.3 Å². The molecule has 0 bridgehead atoms. The maximum atomic E-state index is 12.8. The van der Waals surface area contributed by atoms with Crippen LogP contribution in [0.3, 0.4) is 0 Å². The molecule has 0 unspecified atom stereocenters. The third-order valence-electron chi connectivity index (χ3n) is 5.84. The number of benzene rings is 1. The van der Waals surface area contributed by atoms with Crippen LogP contribution in [0.5, 0.6) is 0 Å². The highest BCUT2D eigenvalue weighted by Gasteiger charge is 2.33. The van der Waals surface area contributed by atoms with Crippen molar-refractivity contribution in [2.24, 2.45) is 5.92 Å². The van der Waals surface area contributed by atoms with Crippen molar-refractivity contribution >= 4 is 29.1 Å². The molecular formula is C20H24Cl2N4O. The van der Waals surface area contributed by atoms with Crippen molar-refractivity contribution in [1.29, 1.82) is 0 Å². The zero-order valence-corrected chi connectivity index (χ0v) is 16.7. The van der Waals surface area contributed by atoms with E-state index in [1.54, 1.807) is 24.4 Å². The predicted octanol–water partition coefficient (Wildman–Crippen LogP) is 4.38. The fraction of sp³-hybridized carbons (Fsp3) is 0.500. The number of amides is 1. The molecule has 5 nitrogen and oxygen atoms in total. The number of halogens is 2. The number of H-pyrrole nitrogens is 1. The third kappa shape index (κ3) is 4.00. The first kappa shape index (κ1) is 18.8. The smallest absolute Gasteiger partial charge is 0.255 e. The maximum Gasteiger partial charge on any atom is 0.255 e. The predicted molar refractivity (Wildman–Crippen MR) is 108 cm³/mol. The largest absolute Gasteiger partial charge is 0.352 e. The molecule has 2 aliphatic rings. The van der Waals surface area contributed by atoms with Gasteiger partial charge in [-0.2, -0.15) is 5.10 Å². The van der Waals surface area contributed by atoms with Gasteiger partial charge in [-0.15, -0.1) is 0 Å². The Morgan fingerprint density at radius 1 is 1.22 bits per heavy atom.